The van der Waals surface area contributed by atoms with Gasteiger partial charge in [0.15, 0.2) is 0 Å². The number of carbonyl (C=O) groups is 1. The van der Waals surface area contributed by atoms with Crippen LogP contribution in [0.25, 0.3) is 11.0 Å². The van der Waals surface area contributed by atoms with Crippen LogP contribution in [0.15, 0.2) is 29.2 Å². The Bertz CT molecular complexity index is 516. The second kappa shape index (κ2) is 2.82. The molecule has 4 nitrogen and oxygen atoms in total. The summed E-state index contributed by atoms with van der Waals surface area (Å²) in [5.41, 5.74) is 1.56. The van der Waals surface area contributed by atoms with Gasteiger partial charge in [-0.05, 0) is 18.2 Å². The molecule has 0 aliphatic heterocycles. The number of rotatable bonds is 1. The Balaban J connectivity index is 2.80. The second-order valence-corrected chi connectivity index (χ2v) is 2.64. The molecular formula is C9H6N2O2. The molecule has 0 saturated heterocycles. The number of aromatic nitrogens is 2. The molecule has 1 aromatic heterocycles. The fourth-order valence-electron chi connectivity index (χ4n) is 1.13. The fraction of sp³-hybridized carbons (Fsp3) is 0. The van der Waals surface area contributed by atoms with Gasteiger partial charge in [-0.2, -0.15) is 0 Å². The van der Waals surface area contributed by atoms with Gasteiger partial charge in [0.1, 0.15) is 6.29 Å². The molecule has 1 aromatic carbocycles. The number of benzene rings is 1. The Labute approximate surface area is 73.2 Å². The minimum absolute atomic E-state index is 0.244. The van der Waals surface area contributed by atoms with Gasteiger partial charge in [0, 0.05) is 5.56 Å². The number of hydrogen-bond acceptors (Lipinski definition) is 3. The number of hydrogen-bond donors (Lipinski definition) is 1. The van der Waals surface area contributed by atoms with Crippen LogP contribution < -0.4 is 5.56 Å². The van der Waals surface area contributed by atoms with Crippen molar-refractivity contribution in [2.24, 2.45) is 0 Å². The standard InChI is InChI=1S/C9H6N2O2/c12-5-6-1-2-7-8(3-6)10-4-9(13)11-7/h1-5H,(H,11,13). The van der Waals surface area contributed by atoms with Gasteiger partial charge < -0.3 is 4.98 Å². The van der Waals surface area contributed by atoms with Crippen molar-refractivity contribution in [3.63, 3.8) is 0 Å². The van der Waals surface area contributed by atoms with Crippen molar-refractivity contribution >= 4 is 17.3 Å². The van der Waals surface area contributed by atoms with Gasteiger partial charge in [0.2, 0.25) is 0 Å². The van der Waals surface area contributed by atoms with E-state index in [1.165, 1.54) is 6.20 Å². The first-order valence-electron chi connectivity index (χ1n) is 3.74. The Morgan fingerprint density at radius 1 is 1.38 bits per heavy atom. The van der Waals surface area contributed by atoms with Crippen LogP contribution in [0.3, 0.4) is 0 Å². The molecule has 1 N–H and O–H groups in total. The number of carbonyl (C=O) groups excluding carboxylic acids is 1. The molecule has 1 heterocycles. The third-order valence-electron chi connectivity index (χ3n) is 1.74. The maximum absolute atomic E-state index is 10.9. The molecule has 0 spiro atoms. The molecule has 0 unspecified atom stereocenters. The maximum atomic E-state index is 10.9. The van der Waals surface area contributed by atoms with E-state index in [1.807, 2.05) is 0 Å². The SMILES string of the molecule is O=Cc1ccc2[nH]c(=O)cnc2c1. The normalized spacial score (nSPS) is 10.2. The number of aromatic amines is 1. The molecule has 0 aliphatic carbocycles. The Kier molecular flexibility index (Phi) is 1.66. The van der Waals surface area contributed by atoms with Crippen molar-refractivity contribution in [2.75, 3.05) is 0 Å². The number of aldehydes is 1. The predicted octanol–water partition coefficient (Wildman–Crippen LogP) is 0.736. The lowest BCUT2D eigenvalue weighted by molar-refractivity contribution is 0.112. The summed E-state index contributed by atoms with van der Waals surface area (Å²) in [5, 5.41) is 0. The van der Waals surface area contributed by atoms with Gasteiger partial charge in [0.25, 0.3) is 5.56 Å². The zero-order valence-electron chi connectivity index (χ0n) is 6.65. The molecule has 0 saturated carbocycles. The highest BCUT2D eigenvalue weighted by atomic mass is 16.1. The van der Waals surface area contributed by atoms with Gasteiger partial charge in [-0.25, -0.2) is 4.98 Å². The maximum Gasteiger partial charge on any atom is 0.266 e. The molecule has 0 bridgehead atoms. The van der Waals surface area contributed by atoms with Crippen LogP contribution in [-0.2, 0) is 0 Å². The van der Waals surface area contributed by atoms with Crippen molar-refractivity contribution in [3.8, 4) is 0 Å². The van der Waals surface area contributed by atoms with Crippen LogP contribution in [0.4, 0.5) is 0 Å². The fourth-order valence-corrected chi connectivity index (χ4v) is 1.13. The molecule has 0 amide bonds. The smallest absolute Gasteiger partial charge is 0.266 e. The number of H-pyrrole nitrogens is 1. The van der Waals surface area contributed by atoms with Crippen LogP contribution in [0.1, 0.15) is 10.4 Å². The monoisotopic (exact) mass is 174 g/mol. The van der Waals surface area contributed by atoms with E-state index in [1.54, 1.807) is 18.2 Å². The van der Waals surface area contributed by atoms with E-state index in [2.05, 4.69) is 9.97 Å². The van der Waals surface area contributed by atoms with Gasteiger partial charge in [-0.1, -0.05) is 0 Å². The van der Waals surface area contributed by atoms with Crippen molar-refractivity contribution in [1.29, 1.82) is 0 Å². The van der Waals surface area contributed by atoms with E-state index in [0.29, 0.717) is 16.6 Å². The highest BCUT2D eigenvalue weighted by Crippen LogP contribution is 2.07. The van der Waals surface area contributed by atoms with E-state index >= 15 is 0 Å². The lowest BCUT2D eigenvalue weighted by Gasteiger charge is -1.95. The first kappa shape index (κ1) is 7.67. The largest absolute Gasteiger partial charge is 0.319 e. The molecule has 2 aromatic rings. The molecule has 0 aliphatic rings. The van der Waals surface area contributed by atoms with Gasteiger partial charge in [0.05, 0.1) is 17.2 Å². The summed E-state index contributed by atoms with van der Waals surface area (Å²) < 4.78 is 0. The van der Waals surface area contributed by atoms with E-state index < -0.39 is 0 Å². The minimum Gasteiger partial charge on any atom is -0.319 e. The average Bonchev–Trinajstić information content (AvgIpc) is 2.17. The van der Waals surface area contributed by atoms with Crippen LogP contribution >= 0.6 is 0 Å². The van der Waals surface area contributed by atoms with Crippen molar-refractivity contribution in [2.45, 2.75) is 0 Å². The summed E-state index contributed by atoms with van der Waals surface area (Å²) in [4.78, 5) is 27.8. The average molecular weight is 174 g/mol. The van der Waals surface area contributed by atoms with E-state index in [4.69, 9.17) is 0 Å². The number of nitrogens with one attached hydrogen (secondary N) is 1. The van der Waals surface area contributed by atoms with Crippen molar-refractivity contribution in [3.05, 3.63) is 40.3 Å². The van der Waals surface area contributed by atoms with Crippen molar-refractivity contribution < 1.29 is 4.79 Å². The van der Waals surface area contributed by atoms with Gasteiger partial charge in [-0.15, -0.1) is 0 Å². The third kappa shape index (κ3) is 1.33. The minimum atomic E-state index is -0.244. The quantitative estimate of drug-likeness (QED) is 0.648. The van der Waals surface area contributed by atoms with Crippen LogP contribution in [0, 0.1) is 0 Å². The lowest BCUT2D eigenvalue weighted by atomic mass is 10.2. The first-order valence-corrected chi connectivity index (χ1v) is 3.74. The molecule has 0 atom stereocenters. The molecule has 13 heavy (non-hydrogen) atoms. The summed E-state index contributed by atoms with van der Waals surface area (Å²) in [5.74, 6) is 0. The zero-order chi connectivity index (χ0) is 9.26. The zero-order valence-corrected chi connectivity index (χ0v) is 6.65. The molecule has 2 rings (SSSR count). The summed E-state index contributed by atoms with van der Waals surface area (Å²) in [6.07, 6.45) is 1.93. The number of fused-ring (bicyclic) bond motifs is 1. The molecule has 64 valence electrons. The summed E-state index contributed by atoms with van der Waals surface area (Å²) in [6, 6.07) is 4.92. The highest BCUT2D eigenvalue weighted by Gasteiger charge is 1.96. The van der Waals surface area contributed by atoms with Crippen LogP contribution in [-0.4, -0.2) is 16.3 Å². The second-order valence-electron chi connectivity index (χ2n) is 2.64. The Hall–Kier alpha value is -1.97. The molecule has 0 radical (unpaired) electrons. The number of nitrogens with zero attached hydrogens (tertiary/aromatic N) is 1. The topological polar surface area (TPSA) is 62.8 Å². The lowest BCUT2D eigenvalue weighted by Crippen LogP contribution is -2.04. The van der Waals surface area contributed by atoms with Crippen LogP contribution in [0.2, 0.25) is 0 Å². The van der Waals surface area contributed by atoms with E-state index in [9.17, 15) is 9.59 Å². The Morgan fingerprint density at radius 3 is 3.00 bits per heavy atom. The van der Waals surface area contributed by atoms with Gasteiger partial charge >= 0.3 is 0 Å². The van der Waals surface area contributed by atoms with Crippen LogP contribution in [0.5, 0.6) is 0 Å². The summed E-state index contributed by atoms with van der Waals surface area (Å²) >= 11 is 0. The highest BCUT2D eigenvalue weighted by molar-refractivity contribution is 5.84. The molecule has 0 fully saturated rings. The first-order chi connectivity index (χ1) is 6.29. The van der Waals surface area contributed by atoms with Crippen molar-refractivity contribution in [1.82, 2.24) is 9.97 Å². The summed E-state index contributed by atoms with van der Waals surface area (Å²) in [6.45, 7) is 0. The molecular weight excluding hydrogens is 168 g/mol. The van der Waals surface area contributed by atoms with E-state index in [-0.39, 0.29) is 5.56 Å². The van der Waals surface area contributed by atoms with Gasteiger partial charge in [-0.3, -0.25) is 9.59 Å². The summed E-state index contributed by atoms with van der Waals surface area (Å²) in [7, 11) is 0. The van der Waals surface area contributed by atoms with E-state index in [0.717, 1.165) is 6.29 Å². The Morgan fingerprint density at radius 2 is 2.23 bits per heavy atom. The third-order valence-corrected chi connectivity index (χ3v) is 1.74. The molecule has 4 heteroatoms. The predicted molar refractivity (Wildman–Crippen MR) is 47.8 cm³/mol.